The first-order valence-corrected chi connectivity index (χ1v) is 7.10. The van der Waals surface area contributed by atoms with Crippen LogP contribution in [0.2, 0.25) is 5.02 Å². The number of hydrogen-bond acceptors (Lipinski definition) is 2. The highest BCUT2D eigenvalue weighted by atomic mass is 35.5. The smallest absolute Gasteiger partial charge is 0.0471 e. The number of nitrogens with two attached hydrogens (primary N) is 1. The van der Waals surface area contributed by atoms with Gasteiger partial charge < -0.3 is 10.5 Å². The van der Waals surface area contributed by atoms with E-state index in [4.69, 9.17) is 22.1 Å². The average molecular weight is 266 g/mol. The Morgan fingerprint density at radius 3 is 2.56 bits per heavy atom. The summed E-state index contributed by atoms with van der Waals surface area (Å²) in [7, 11) is 0. The van der Waals surface area contributed by atoms with E-state index in [1.54, 1.807) is 0 Å². The monoisotopic (exact) mass is 265 g/mol. The molecule has 1 saturated heterocycles. The molecule has 0 amide bonds. The van der Waals surface area contributed by atoms with Gasteiger partial charge in [-0.25, -0.2) is 0 Å². The molecular formula is C15H20ClNO. The zero-order chi connectivity index (χ0) is 12.6. The predicted molar refractivity (Wildman–Crippen MR) is 73.9 cm³/mol. The van der Waals surface area contributed by atoms with Gasteiger partial charge in [-0.2, -0.15) is 0 Å². The van der Waals surface area contributed by atoms with Gasteiger partial charge in [-0.15, -0.1) is 0 Å². The molecule has 98 valence electrons. The van der Waals surface area contributed by atoms with Crippen LogP contribution in [0.25, 0.3) is 0 Å². The molecule has 3 rings (SSSR count). The van der Waals surface area contributed by atoms with Crippen molar-refractivity contribution in [3.63, 3.8) is 0 Å². The lowest BCUT2D eigenvalue weighted by Crippen LogP contribution is -2.55. The molecule has 1 spiro atoms. The van der Waals surface area contributed by atoms with Crippen molar-refractivity contribution in [3.05, 3.63) is 34.9 Å². The maximum Gasteiger partial charge on any atom is 0.0471 e. The zero-order valence-corrected chi connectivity index (χ0v) is 11.4. The van der Waals surface area contributed by atoms with Crippen molar-refractivity contribution in [2.24, 2.45) is 11.1 Å². The molecule has 2 N–H and O–H groups in total. The average Bonchev–Trinajstić information content (AvgIpc) is 2.36. The summed E-state index contributed by atoms with van der Waals surface area (Å²) in [5.41, 5.74) is 8.02. The topological polar surface area (TPSA) is 35.2 Å². The van der Waals surface area contributed by atoms with Crippen LogP contribution in [-0.4, -0.2) is 19.8 Å². The molecule has 2 aliphatic rings. The molecular weight excluding hydrogens is 246 g/mol. The summed E-state index contributed by atoms with van der Waals surface area (Å²) in [6, 6.07) is 8.22. The number of ether oxygens (including phenoxy) is 1. The van der Waals surface area contributed by atoms with Crippen molar-refractivity contribution in [2.75, 3.05) is 19.8 Å². The van der Waals surface area contributed by atoms with Gasteiger partial charge in [-0.1, -0.05) is 23.7 Å². The van der Waals surface area contributed by atoms with Crippen LogP contribution in [0.15, 0.2) is 24.3 Å². The second kappa shape index (κ2) is 4.52. The number of rotatable bonds is 2. The summed E-state index contributed by atoms with van der Waals surface area (Å²) in [5.74, 6) is 0. The molecule has 1 heterocycles. The molecule has 1 aliphatic carbocycles. The van der Waals surface area contributed by atoms with Gasteiger partial charge in [0.05, 0.1) is 0 Å². The number of halogens is 1. The number of hydrogen-bond donors (Lipinski definition) is 1. The first kappa shape index (κ1) is 12.5. The van der Waals surface area contributed by atoms with Crippen molar-refractivity contribution in [1.82, 2.24) is 0 Å². The molecule has 0 unspecified atom stereocenters. The molecule has 1 saturated carbocycles. The Morgan fingerprint density at radius 2 is 1.94 bits per heavy atom. The van der Waals surface area contributed by atoms with Crippen molar-refractivity contribution >= 4 is 11.6 Å². The van der Waals surface area contributed by atoms with Crippen LogP contribution >= 0.6 is 11.6 Å². The molecule has 0 atom stereocenters. The molecule has 1 aromatic carbocycles. The van der Waals surface area contributed by atoms with E-state index in [9.17, 15) is 0 Å². The van der Waals surface area contributed by atoms with Crippen LogP contribution < -0.4 is 5.73 Å². The summed E-state index contributed by atoms with van der Waals surface area (Å²) in [6.07, 6.45) is 4.77. The Balaban J connectivity index is 1.82. The Hall–Kier alpha value is -0.570. The standard InChI is InChI=1S/C15H20ClNO/c16-13-3-1-2-12(8-13)15(11-17)9-14(10-15)4-6-18-7-5-14/h1-3,8H,4-7,9-11,17H2. The van der Waals surface area contributed by atoms with Gasteiger partial charge in [-0.3, -0.25) is 0 Å². The highest BCUT2D eigenvalue weighted by molar-refractivity contribution is 6.30. The van der Waals surface area contributed by atoms with Gasteiger partial charge in [0.25, 0.3) is 0 Å². The fourth-order valence-electron chi connectivity index (χ4n) is 3.83. The minimum absolute atomic E-state index is 0.155. The highest BCUT2D eigenvalue weighted by Gasteiger charge is 2.54. The second-order valence-corrected chi connectivity index (χ2v) is 6.40. The third kappa shape index (κ3) is 1.97. The van der Waals surface area contributed by atoms with Crippen molar-refractivity contribution in [3.8, 4) is 0 Å². The van der Waals surface area contributed by atoms with Crippen LogP contribution in [0.4, 0.5) is 0 Å². The Bertz CT molecular complexity index is 432. The van der Waals surface area contributed by atoms with Crippen LogP contribution in [0.3, 0.4) is 0 Å². The van der Waals surface area contributed by atoms with Crippen molar-refractivity contribution in [1.29, 1.82) is 0 Å². The third-order valence-corrected chi connectivity index (χ3v) is 5.04. The highest BCUT2D eigenvalue weighted by Crippen LogP contribution is 2.59. The van der Waals surface area contributed by atoms with E-state index in [2.05, 4.69) is 12.1 Å². The Morgan fingerprint density at radius 1 is 1.22 bits per heavy atom. The largest absolute Gasteiger partial charge is 0.381 e. The molecule has 0 radical (unpaired) electrons. The normalized spacial score (nSPS) is 24.8. The van der Waals surface area contributed by atoms with Crippen molar-refractivity contribution < 1.29 is 4.74 Å². The summed E-state index contributed by atoms with van der Waals surface area (Å²) in [6.45, 7) is 2.54. The zero-order valence-electron chi connectivity index (χ0n) is 10.6. The molecule has 0 bridgehead atoms. The predicted octanol–water partition coefficient (Wildman–Crippen LogP) is 3.13. The van der Waals surface area contributed by atoms with E-state index >= 15 is 0 Å². The maximum absolute atomic E-state index is 6.11. The summed E-state index contributed by atoms with van der Waals surface area (Å²) in [5, 5.41) is 0.813. The molecule has 3 heteroatoms. The van der Waals surface area contributed by atoms with Gasteiger partial charge in [0.1, 0.15) is 0 Å². The Labute approximate surface area is 113 Å². The molecule has 1 aromatic rings. The molecule has 0 aromatic heterocycles. The molecule has 2 fully saturated rings. The lowest BCUT2D eigenvalue weighted by molar-refractivity contribution is -0.0714. The molecule has 1 aliphatic heterocycles. The van der Waals surface area contributed by atoms with E-state index in [1.165, 1.54) is 31.2 Å². The van der Waals surface area contributed by atoms with E-state index in [0.717, 1.165) is 24.8 Å². The van der Waals surface area contributed by atoms with E-state index < -0.39 is 0 Å². The van der Waals surface area contributed by atoms with Crippen LogP contribution in [0.1, 0.15) is 31.2 Å². The van der Waals surface area contributed by atoms with Gasteiger partial charge >= 0.3 is 0 Å². The van der Waals surface area contributed by atoms with Crippen LogP contribution in [0.5, 0.6) is 0 Å². The summed E-state index contributed by atoms with van der Waals surface area (Å²) in [4.78, 5) is 0. The lowest BCUT2D eigenvalue weighted by Gasteiger charge is -2.58. The minimum atomic E-state index is 0.155. The van der Waals surface area contributed by atoms with Gasteiger partial charge in [0.15, 0.2) is 0 Å². The summed E-state index contributed by atoms with van der Waals surface area (Å²) >= 11 is 6.11. The fourth-order valence-corrected chi connectivity index (χ4v) is 4.02. The first-order chi connectivity index (χ1) is 8.68. The third-order valence-electron chi connectivity index (χ3n) is 4.81. The SMILES string of the molecule is NCC1(c2cccc(Cl)c2)CC2(CCOCC2)C1. The van der Waals surface area contributed by atoms with Crippen LogP contribution in [0, 0.1) is 5.41 Å². The van der Waals surface area contributed by atoms with Gasteiger partial charge in [0.2, 0.25) is 0 Å². The number of benzene rings is 1. The first-order valence-electron chi connectivity index (χ1n) is 6.72. The quantitative estimate of drug-likeness (QED) is 0.892. The van der Waals surface area contributed by atoms with E-state index in [-0.39, 0.29) is 5.41 Å². The molecule has 2 nitrogen and oxygen atoms in total. The second-order valence-electron chi connectivity index (χ2n) is 5.96. The maximum atomic E-state index is 6.11. The Kier molecular flexibility index (Phi) is 3.13. The van der Waals surface area contributed by atoms with Gasteiger partial charge in [-0.05, 0) is 48.8 Å². The molecule has 18 heavy (non-hydrogen) atoms. The lowest BCUT2D eigenvalue weighted by atomic mass is 9.48. The summed E-state index contributed by atoms with van der Waals surface area (Å²) < 4.78 is 5.47. The van der Waals surface area contributed by atoms with Crippen molar-refractivity contribution in [2.45, 2.75) is 31.1 Å². The van der Waals surface area contributed by atoms with Crippen LogP contribution in [-0.2, 0) is 10.2 Å². The van der Waals surface area contributed by atoms with E-state index in [0.29, 0.717) is 5.41 Å². The fraction of sp³-hybridized carbons (Fsp3) is 0.600. The minimum Gasteiger partial charge on any atom is -0.381 e. The van der Waals surface area contributed by atoms with E-state index in [1.807, 2.05) is 12.1 Å². The van der Waals surface area contributed by atoms with Gasteiger partial charge in [0, 0.05) is 30.2 Å².